The largest absolute Gasteiger partial charge is 0.493 e. The molecule has 0 bridgehead atoms. The molecule has 2 heterocycles. The Morgan fingerprint density at radius 2 is 1.74 bits per heavy atom. The maximum Gasteiger partial charge on any atom is 0.252 e. The zero-order valence-corrected chi connectivity index (χ0v) is 23.4. The topological polar surface area (TPSA) is 98.2 Å². The van der Waals surface area contributed by atoms with Crippen LogP contribution in [0, 0.1) is 13.8 Å². The molecule has 206 valence electrons. The van der Waals surface area contributed by atoms with Crippen LogP contribution in [0.5, 0.6) is 11.5 Å². The van der Waals surface area contributed by atoms with E-state index in [0.29, 0.717) is 30.6 Å². The molecule has 0 atom stereocenters. The van der Waals surface area contributed by atoms with Gasteiger partial charge in [-0.05, 0) is 95.9 Å². The maximum atomic E-state index is 13.2. The van der Waals surface area contributed by atoms with Gasteiger partial charge in [0, 0.05) is 24.2 Å². The van der Waals surface area contributed by atoms with Gasteiger partial charge in [-0.25, -0.2) is 4.68 Å². The van der Waals surface area contributed by atoms with Gasteiger partial charge in [-0.1, -0.05) is 25.3 Å². The molecular formula is C30H38N6O3. The lowest BCUT2D eigenvalue weighted by Gasteiger charge is -2.25. The highest BCUT2D eigenvalue weighted by Crippen LogP contribution is 2.29. The first-order valence-corrected chi connectivity index (χ1v) is 13.8. The molecule has 0 aliphatic heterocycles. The number of rotatable bonds is 10. The maximum absolute atomic E-state index is 13.2. The smallest absolute Gasteiger partial charge is 0.252 e. The molecule has 0 saturated heterocycles. The van der Waals surface area contributed by atoms with Crippen LogP contribution < -0.4 is 15.0 Å². The summed E-state index contributed by atoms with van der Waals surface area (Å²) in [7, 11) is 3.29. The van der Waals surface area contributed by atoms with Crippen molar-refractivity contribution in [2.45, 2.75) is 71.5 Å². The Morgan fingerprint density at radius 3 is 2.51 bits per heavy atom. The normalized spacial score (nSPS) is 14.3. The quantitative estimate of drug-likeness (QED) is 0.311. The number of ether oxygens (including phenoxy) is 2. The van der Waals surface area contributed by atoms with Crippen molar-refractivity contribution in [3.8, 4) is 11.5 Å². The fourth-order valence-electron chi connectivity index (χ4n) is 5.54. The molecule has 39 heavy (non-hydrogen) atoms. The van der Waals surface area contributed by atoms with E-state index in [0.717, 1.165) is 59.2 Å². The summed E-state index contributed by atoms with van der Waals surface area (Å²) in [6.45, 7) is 5.93. The number of pyridine rings is 1. The minimum absolute atomic E-state index is 0.0613. The average Bonchev–Trinajstić information content (AvgIpc) is 3.41. The summed E-state index contributed by atoms with van der Waals surface area (Å²) in [6, 6.07) is 12.5. The molecule has 0 spiro atoms. The molecule has 1 saturated carbocycles. The third kappa shape index (κ3) is 6.14. The van der Waals surface area contributed by atoms with Gasteiger partial charge in [-0.3, -0.25) is 9.69 Å². The highest BCUT2D eigenvalue weighted by Gasteiger charge is 2.22. The van der Waals surface area contributed by atoms with Gasteiger partial charge >= 0.3 is 0 Å². The number of fused-ring (bicyclic) bond motifs is 1. The van der Waals surface area contributed by atoms with Crippen molar-refractivity contribution in [2.24, 2.45) is 0 Å². The molecule has 1 aliphatic rings. The van der Waals surface area contributed by atoms with Crippen LogP contribution in [0.3, 0.4) is 0 Å². The number of methoxy groups -OCH3 is 2. The van der Waals surface area contributed by atoms with Crippen LogP contribution in [0.15, 0.2) is 41.2 Å². The fraction of sp³-hybridized carbons (Fsp3) is 0.467. The second-order valence-electron chi connectivity index (χ2n) is 10.6. The lowest BCUT2D eigenvalue weighted by Crippen LogP contribution is -2.30. The van der Waals surface area contributed by atoms with Crippen LogP contribution >= 0.6 is 0 Å². The molecule has 0 radical (unpaired) electrons. The van der Waals surface area contributed by atoms with Crippen molar-refractivity contribution in [2.75, 3.05) is 20.8 Å². The Labute approximate surface area is 229 Å². The third-order valence-electron chi connectivity index (χ3n) is 7.94. The molecule has 9 heteroatoms. The highest BCUT2D eigenvalue weighted by atomic mass is 16.5. The monoisotopic (exact) mass is 530 g/mol. The van der Waals surface area contributed by atoms with Gasteiger partial charge < -0.3 is 14.5 Å². The van der Waals surface area contributed by atoms with E-state index < -0.39 is 0 Å². The molecule has 2 aromatic heterocycles. The third-order valence-corrected chi connectivity index (χ3v) is 7.94. The Morgan fingerprint density at radius 1 is 0.974 bits per heavy atom. The van der Waals surface area contributed by atoms with Gasteiger partial charge in [0.1, 0.15) is 0 Å². The van der Waals surface area contributed by atoms with Gasteiger partial charge in [0.25, 0.3) is 5.56 Å². The van der Waals surface area contributed by atoms with Crippen LogP contribution in [-0.4, -0.2) is 50.9 Å². The standard InChI is InChI=1S/C30H38N6O3/c1-20-14-23-17-24(30(37)31-26(23)15-21(20)2)18-35(13-12-22-10-11-27(38-3)28(16-22)39-4)19-29-32-33-34-36(29)25-8-6-5-7-9-25/h10-11,14-17,25H,5-9,12-13,18-19H2,1-4H3,(H,31,37). The van der Waals surface area contributed by atoms with Crippen molar-refractivity contribution in [1.29, 1.82) is 0 Å². The number of aromatic nitrogens is 5. The molecule has 2 aromatic carbocycles. The second kappa shape index (κ2) is 12.0. The molecule has 0 unspecified atom stereocenters. The van der Waals surface area contributed by atoms with Crippen LogP contribution in [0.4, 0.5) is 0 Å². The lowest BCUT2D eigenvalue weighted by molar-refractivity contribution is 0.235. The van der Waals surface area contributed by atoms with Crippen LogP contribution in [-0.2, 0) is 19.5 Å². The van der Waals surface area contributed by atoms with E-state index in [1.807, 2.05) is 28.9 Å². The van der Waals surface area contributed by atoms with E-state index in [-0.39, 0.29) is 5.56 Å². The van der Waals surface area contributed by atoms with E-state index >= 15 is 0 Å². The van der Waals surface area contributed by atoms with Crippen LogP contribution in [0.2, 0.25) is 0 Å². The Balaban J connectivity index is 1.42. The summed E-state index contributed by atoms with van der Waals surface area (Å²) in [4.78, 5) is 18.5. The minimum Gasteiger partial charge on any atom is -0.493 e. The summed E-state index contributed by atoms with van der Waals surface area (Å²) < 4.78 is 12.9. The summed E-state index contributed by atoms with van der Waals surface area (Å²) in [5.74, 6) is 2.26. The summed E-state index contributed by atoms with van der Waals surface area (Å²) in [5.41, 5.74) is 5.03. The van der Waals surface area contributed by atoms with Gasteiger partial charge in [-0.2, -0.15) is 0 Å². The van der Waals surface area contributed by atoms with Crippen molar-refractivity contribution < 1.29 is 9.47 Å². The molecule has 1 fully saturated rings. The second-order valence-corrected chi connectivity index (χ2v) is 10.6. The highest BCUT2D eigenvalue weighted by molar-refractivity contribution is 5.80. The number of aryl methyl sites for hydroxylation is 2. The van der Waals surface area contributed by atoms with Crippen molar-refractivity contribution in [3.05, 3.63) is 74.8 Å². The van der Waals surface area contributed by atoms with Crippen molar-refractivity contribution >= 4 is 10.9 Å². The van der Waals surface area contributed by atoms with Gasteiger partial charge in [0.2, 0.25) is 0 Å². The van der Waals surface area contributed by atoms with Crippen LogP contribution in [0.1, 0.15) is 66.2 Å². The number of nitrogens with zero attached hydrogens (tertiary/aromatic N) is 5. The lowest BCUT2D eigenvalue weighted by atomic mass is 9.95. The van der Waals surface area contributed by atoms with E-state index in [1.165, 1.54) is 24.8 Å². The molecule has 0 amide bonds. The summed E-state index contributed by atoms with van der Waals surface area (Å²) >= 11 is 0. The molecule has 1 N–H and O–H groups in total. The van der Waals surface area contributed by atoms with E-state index in [4.69, 9.17) is 9.47 Å². The zero-order valence-electron chi connectivity index (χ0n) is 23.4. The molecule has 1 aliphatic carbocycles. The number of nitrogens with one attached hydrogen (secondary N) is 1. The van der Waals surface area contributed by atoms with Crippen molar-refractivity contribution in [3.63, 3.8) is 0 Å². The van der Waals surface area contributed by atoms with E-state index in [2.05, 4.69) is 51.4 Å². The SMILES string of the molecule is COc1ccc(CCN(Cc2cc3cc(C)c(C)cc3[nH]c2=O)Cc2nnnn2C2CCCCC2)cc1OC. The predicted molar refractivity (Wildman–Crippen MR) is 151 cm³/mol. The van der Waals surface area contributed by atoms with Gasteiger partial charge in [0.15, 0.2) is 17.3 Å². The number of tetrazole rings is 1. The molecule has 4 aromatic rings. The molecular weight excluding hydrogens is 492 g/mol. The number of hydrogen-bond acceptors (Lipinski definition) is 7. The number of benzene rings is 2. The number of hydrogen-bond donors (Lipinski definition) is 1. The first-order chi connectivity index (χ1) is 18.9. The minimum atomic E-state index is -0.0613. The molecule has 9 nitrogen and oxygen atoms in total. The van der Waals surface area contributed by atoms with Gasteiger partial charge in [-0.15, -0.1) is 5.10 Å². The number of H-pyrrole nitrogens is 1. The van der Waals surface area contributed by atoms with E-state index in [9.17, 15) is 4.79 Å². The Bertz CT molecular complexity index is 1490. The van der Waals surface area contributed by atoms with Gasteiger partial charge in [0.05, 0.1) is 26.8 Å². The zero-order chi connectivity index (χ0) is 27.4. The Hall–Kier alpha value is -3.72. The first kappa shape index (κ1) is 26.9. The Kier molecular flexibility index (Phi) is 8.26. The van der Waals surface area contributed by atoms with Crippen LogP contribution in [0.25, 0.3) is 10.9 Å². The fourth-order valence-corrected chi connectivity index (χ4v) is 5.54. The van der Waals surface area contributed by atoms with E-state index in [1.54, 1.807) is 14.2 Å². The average molecular weight is 531 g/mol. The summed E-state index contributed by atoms with van der Waals surface area (Å²) in [6.07, 6.45) is 6.67. The molecule has 5 rings (SSSR count). The predicted octanol–water partition coefficient (Wildman–Crippen LogP) is 4.90. The summed E-state index contributed by atoms with van der Waals surface area (Å²) in [5, 5.41) is 13.8. The van der Waals surface area contributed by atoms with Crippen molar-refractivity contribution in [1.82, 2.24) is 30.1 Å². The number of aromatic amines is 1. The first-order valence-electron chi connectivity index (χ1n) is 13.8.